The Bertz CT molecular complexity index is 303. The maximum absolute atomic E-state index is 11.8. The topological polar surface area (TPSA) is 33.1 Å². The molecule has 16 heavy (non-hydrogen) atoms. The van der Waals surface area contributed by atoms with Crippen LogP contribution < -0.4 is 0 Å². The Labute approximate surface area is 93.3 Å². The number of hydrogen-bond acceptors (Lipinski definition) is 2. The number of hydrogen-bond donors (Lipinski definition) is 1. The van der Waals surface area contributed by atoms with Gasteiger partial charge in [-0.25, -0.2) is 0 Å². The van der Waals surface area contributed by atoms with Gasteiger partial charge in [-0.2, -0.15) is 0 Å². The normalized spacial score (nSPS) is 13.9. The van der Waals surface area contributed by atoms with Crippen molar-refractivity contribution in [2.45, 2.75) is 40.0 Å². The van der Waals surface area contributed by atoms with Gasteiger partial charge in [-0.3, -0.25) is 0 Å². The van der Waals surface area contributed by atoms with Crippen LogP contribution in [0.2, 0.25) is 0 Å². The fourth-order valence-corrected chi connectivity index (χ4v) is 1.01. The van der Waals surface area contributed by atoms with Crippen LogP contribution in [0.15, 0.2) is 23.5 Å². The van der Waals surface area contributed by atoms with Gasteiger partial charge in [0.2, 0.25) is 0 Å². The molecule has 0 fully saturated rings. The second kappa shape index (κ2) is 6.35. The van der Waals surface area contributed by atoms with Gasteiger partial charge in [0.05, 0.1) is 0 Å². The summed E-state index contributed by atoms with van der Waals surface area (Å²) in [6.45, 7) is 4.85. The van der Waals surface area contributed by atoms with Crippen molar-refractivity contribution in [1.82, 2.24) is 0 Å². The molecule has 0 aliphatic heterocycles. The minimum atomic E-state index is -4.65. The highest BCUT2D eigenvalue weighted by atomic mass is 19.4. The predicted molar refractivity (Wildman–Crippen MR) is 57.3 cm³/mol. The highest BCUT2D eigenvalue weighted by Crippen LogP contribution is 2.20. The Morgan fingerprint density at radius 1 is 1.25 bits per heavy atom. The van der Waals surface area contributed by atoms with Gasteiger partial charge in [-0.05, 0) is 31.9 Å². The van der Waals surface area contributed by atoms with E-state index in [-0.39, 0.29) is 5.76 Å². The van der Waals surface area contributed by atoms with Crippen molar-refractivity contribution in [2.75, 3.05) is 0 Å². The van der Waals surface area contributed by atoms with Crippen molar-refractivity contribution in [1.29, 1.82) is 5.41 Å². The molecule has 0 atom stereocenters. The maximum Gasteiger partial charge on any atom is 0.572 e. The summed E-state index contributed by atoms with van der Waals surface area (Å²) in [4.78, 5) is 0. The van der Waals surface area contributed by atoms with Gasteiger partial charge in [-0.15, -0.1) is 13.2 Å². The zero-order chi connectivity index (χ0) is 12.8. The molecule has 0 radical (unpaired) electrons. The first kappa shape index (κ1) is 14.7. The van der Waals surface area contributed by atoms with Crippen LogP contribution in [-0.2, 0) is 4.74 Å². The van der Waals surface area contributed by atoms with E-state index in [1.165, 1.54) is 19.1 Å². The van der Waals surface area contributed by atoms with Crippen molar-refractivity contribution < 1.29 is 17.9 Å². The average molecular weight is 235 g/mol. The predicted octanol–water partition coefficient (Wildman–Crippen LogP) is 4.19. The van der Waals surface area contributed by atoms with Crippen LogP contribution >= 0.6 is 0 Å². The molecule has 0 unspecified atom stereocenters. The van der Waals surface area contributed by atoms with E-state index in [2.05, 4.69) is 4.74 Å². The summed E-state index contributed by atoms with van der Waals surface area (Å²) >= 11 is 0. The number of alkyl halides is 3. The first-order valence-electron chi connectivity index (χ1n) is 4.95. The zero-order valence-corrected chi connectivity index (χ0v) is 9.61. The number of rotatable bonds is 5. The molecule has 0 aromatic rings. The van der Waals surface area contributed by atoms with E-state index < -0.39 is 6.36 Å². The SMILES string of the molecule is CCCC(=N)/C(C)=C/C=C(C)OC(F)(F)F. The Kier molecular flexibility index (Phi) is 5.85. The van der Waals surface area contributed by atoms with Gasteiger partial charge >= 0.3 is 6.36 Å². The van der Waals surface area contributed by atoms with E-state index in [0.29, 0.717) is 17.7 Å². The fraction of sp³-hybridized carbons (Fsp3) is 0.545. The molecule has 0 saturated carbocycles. The quantitative estimate of drug-likeness (QED) is 0.432. The minimum Gasteiger partial charge on any atom is -0.411 e. The Morgan fingerprint density at radius 2 is 1.81 bits per heavy atom. The van der Waals surface area contributed by atoms with Crippen LogP contribution in [0.4, 0.5) is 13.2 Å². The largest absolute Gasteiger partial charge is 0.572 e. The summed E-state index contributed by atoms with van der Waals surface area (Å²) in [5, 5.41) is 7.56. The third-order valence-electron chi connectivity index (χ3n) is 1.82. The van der Waals surface area contributed by atoms with Crippen molar-refractivity contribution in [2.24, 2.45) is 0 Å². The van der Waals surface area contributed by atoms with Gasteiger partial charge in [-0.1, -0.05) is 19.4 Å². The third-order valence-corrected chi connectivity index (χ3v) is 1.82. The van der Waals surface area contributed by atoms with Crippen LogP contribution in [0.5, 0.6) is 0 Å². The second-order valence-corrected chi connectivity index (χ2v) is 3.40. The van der Waals surface area contributed by atoms with Gasteiger partial charge in [0.1, 0.15) is 5.76 Å². The molecular weight excluding hydrogens is 219 g/mol. The lowest BCUT2D eigenvalue weighted by Gasteiger charge is -2.08. The molecule has 0 aliphatic rings. The summed E-state index contributed by atoms with van der Waals surface area (Å²) in [7, 11) is 0. The molecule has 0 rings (SSSR count). The van der Waals surface area contributed by atoms with Gasteiger partial charge in [0.15, 0.2) is 0 Å². The van der Waals surface area contributed by atoms with Crippen LogP contribution in [0.1, 0.15) is 33.6 Å². The minimum absolute atomic E-state index is 0.240. The molecule has 1 N–H and O–H groups in total. The highest BCUT2D eigenvalue weighted by molar-refractivity contribution is 5.97. The van der Waals surface area contributed by atoms with Crippen molar-refractivity contribution in [3.8, 4) is 0 Å². The molecule has 5 heteroatoms. The van der Waals surface area contributed by atoms with E-state index in [4.69, 9.17) is 5.41 Å². The first-order valence-corrected chi connectivity index (χ1v) is 4.95. The Balaban J connectivity index is 4.44. The fourth-order valence-electron chi connectivity index (χ4n) is 1.01. The number of allylic oxidation sites excluding steroid dienone is 4. The van der Waals surface area contributed by atoms with Crippen LogP contribution in [0, 0.1) is 5.41 Å². The lowest BCUT2D eigenvalue weighted by Crippen LogP contribution is -2.11. The number of halogens is 3. The molecule has 0 amide bonds. The Morgan fingerprint density at radius 3 is 2.25 bits per heavy atom. The Hall–Kier alpha value is -1.26. The van der Waals surface area contributed by atoms with Gasteiger partial charge in [0, 0.05) is 5.71 Å². The maximum atomic E-state index is 11.8. The smallest absolute Gasteiger partial charge is 0.411 e. The van der Waals surface area contributed by atoms with Crippen molar-refractivity contribution in [3.05, 3.63) is 23.5 Å². The van der Waals surface area contributed by atoms with Crippen molar-refractivity contribution >= 4 is 5.71 Å². The van der Waals surface area contributed by atoms with Crippen LogP contribution in [-0.4, -0.2) is 12.1 Å². The summed E-state index contributed by atoms with van der Waals surface area (Å²) in [5.74, 6) is -0.240. The van der Waals surface area contributed by atoms with Crippen molar-refractivity contribution in [3.63, 3.8) is 0 Å². The van der Waals surface area contributed by atoms with E-state index in [1.807, 2.05) is 6.92 Å². The molecule has 0 spiro atoms. The van der Waals surface area contributed by atoms with Crippen LogP contribution in [0.3, 0.4) is 0 Å². The lowest BCUT2D eigenvalue weighted by atomic mass is 10.1. The molecule has 0 saturated heterocycles. The number of nitrogens with one attached hydrogen (secondary N) is 1. The molecule has 0 aromatic heterocycles. The molecular formula is C11H16F3NO. The molecule has 0 bridgehead atoms. The summed E-state index contributed by atoms with van der Waals surface area (Å²) in [6, 6.07) is 0. The summed E-state index contributed by atoms with van der Waals surface area (Å²) < 4.78 is 39.0. The molecule has 0 aromatic carbocycles. The first-order chi connectivity index (χ1) is 7.26. The standard InChI is InChI=1S/C11H16F3NO/c1-4-5-10(15)8(2)6-7-9(3)16-11(12,13)14/h6-7,15H,4-5H2,1-3H3/b8-6+,9-7?,15-10?. The average Bonchev–Trinajstić information content (AvgIpc) is 2.11. The molecule has 92 valence electrons. The summed E-state index contributed by atoms with van der Waals surface area (Å²) in [5.41, 5.74) is 1.07. The number of ether oxygens (including phenoxy) is 1. The molecule has 0 aliphatic carbocycles. The highest BCUT2D eigenvalue weighted by Gasteiger charge is 2.30. The summed E-state index contributed by atoms with van der Waals surface area (Å²) in [6.07, 6.45) is -0.521. The third kappa shape index (κ3) is 7.09. The zero-order valence-electron chi connectivity index (χ0n) is 9.61. The van der Waals surface area contributed by atoms with E-state index in [9.17, 15) is 13.2 Å². The van der Waals surface area contributed by atoms with Gasteiger partial charge < -0.3 is 10.1 Å². The molecule has 0 heterocycles. The molecule has 2 nitrogen and oxygen atoms in total. The second-order valence-electron chi connectivity index (χ2n) is 3.40. The van der Waals surface area contributed by atoms with Gasteiger partial charge in [0.25, 0.3) is 0 Å². The monoisotopic (exact) mass is 235 g/mol. The van der Waals surface area contributed by atoms with Crippen LogP contribution in [0.25, 0.3) is 0 Å². The van der Waals surface area contributed by atoms with E-state index >= 15 is 0 Å². The lowest BCUT2D eigenvalue weighted by molar-refractivity contribution is -0.305. The van der Waals surface area contributed by atoms with E-state index in [1.54, 1.807) is 6.92 Å². The van der Waals surface area contributed by atoms with E-state index in [0.717, 1.165) is 6.42 Å².